The molecule has 0 aromatic heterocycles. The number of nitrogens with one attached hydrogen (secondary N) is 1. The molecule has 0 spiro atoms. The molecule has 0 saturated carbocycles. The van der Waals surface area contributed by atoms with E-state index in [9.17, 15) is 0 Å². The van der Waals surface area contributed by atoms with Gasteiger partial charge in [0.05, 0.1) is 0 Å². The third-order valence-electron chi connectivity index (χ3n) is 1.41. The molecule has 0 atom stereocenters. The minimum Gasteiger partial charge on any atom is -0.308 e. The molecule has 0 saturated heterocycles. The van der Waals surface area contributed by atoms with E-state index in [2.05, 4.69) is 6.07 Å². The van der Waals surface area contributed by atoms with Gasteiger partial charge in [-0.15, -0.1) is 0 Å². The fourth-order valence-corrected chi connectivity index (χ4v) is 1.09. The molecule has 1 aromatic carbocycles. The Morgan fingerprint density at radius 2 is 1.60 bits per heavy atom. The summed E-state index contributed by atoms with van der Waals surface area (Å²) in [4.78, 5) is 0. The lowest BCUT2D eigenvalue weighted by molar-refractivity contribution is 1.37. The molecule has 1 heteroatoms. The topological polar surface area (TPSA) is 23.9 Å². The summed E-state index contributed by atoms with van der Waals surface area (Å²) >= 11 is 0. The van der Waals surface area contributed by atoms with Crippen molar-refractivity contribution in [2.75, 3.05) is 0 Å². The molecular weight excluding hydrogens is 122 g/mol. The molecule has 0 amide bonds. The summed E-state index contributed by atoms with van der Waals surface area (Å²) < 4.78 is 0. The normalized spacial score (nSPS) is 9.40. The third kappa shape index (κ3) is 1.44. The first kappa shape index (κ1) is 7.00. The number of aryl methyl sites for hydroxylation is 2. The van der Waals surface area contributed by atoms with Crippen LogP contribution in [0, 0.1) is 19.3 Å². The lowest BCUT2D eigenvalue weighted by Gasteiger charge is -1.97. The molecule has 0 fully saturated rings. The van der Waals surface area contributed by atoms with Gasteiger partial charge in [0.2, 0.25) is 0 Å². The summed E-state index contributed by atoms with van der Waals surface area (Å²) in [5.74, 6) is 0. The van der Waals surface area contributed by atoms with Crippen molar-refractivity contribution in [3.8, 4) is 0 Å². The van der Waals surface area contributed by atoms with E-state index in [1.807, 2.05) is 26.0 Å². The van der Waals surface area contributed by atoms with Gasteiger partial charge in [0.1, 0.15) is 0 Å². The molecule has 10 heavy (non-hydrogen) atoms. The van der Waals surface area contributed by atoms with Crippen LogP contribution in [-0.4, -0.2) is 6.21 Å². The molecule has 0 aliphatic heterocycles. The molecule has 0 aliphatic carbocycles. The Morgan fingerprint density at radius 3 is 2.00 bits per heavy atom. The van der Waals surface area contributed by atoms with E-state index >= 15 is 0 Å². The van der Waals surface area contributed by atoms with Crippen LogP contribution in [0.2, 0.25) is 0 Å². The Morgan fingerprint density at radius 1 is 1.10 bits per heavy atom. The maximum Gasteiger partial charge on any atom is 0.0250 e. The zero-order valence-corrected chi connectivity index (χ0v) is 6.31. The number of hydrogen-bond donors (Lipinski definition) is 1. The molecule has 0 heterocycles. The monoisotopic (exact) mass is 133 g/mol. The van der Waals surface area contributed by atoms with Gasteiger partial charge < -0.3 is 5.41 Å². The van der Waals surface area contributed by atoms with Crippen molar-refractivity contribution in [3.63, 3.8) is 0 Å². The molecule has 1 nitrogen and oxygen atoms in total. The zero-order chi connectivity index (χ0) is 7.56. The van der Waals surface area contributed by atoms with Crippen LogP contribution in [0.4, 0.5) is 0 Å². The molecule has 0 bridgehead atoms. The molecule has 52 valence electrons. The summed E-state index contributed by atoms with van der Waals surface area (Å²) in [6, 6.07) is 6.10. The lowest BCUT2D eigenvalue weighted by atomic mass is 10.1. The van der Waals surface area contributed by atoms with E-state index in [1.54, 1.807) is 0 Å². The Balaban J connectivity index is 3.18. The summed E-state index contributed by atoms with van der Waals surface area (Å²) in [6.07, 6.45) is 1.38. The summed E-state index contributed by atoms with van der Waals surface area (Å²) in [6.45, 7) is 4.08. The van der Waals surface area contributed by atoms with Crippen molar-refractivity contribution >= 4 is 6.21 Å². The first-order valence-corrected chi connectivity index (χ1v) is 3.31. The van der Waals surface area contributed by atoms with Crippen LogP contribution >= 0.6 is 0 Å². The zero-order valence-electron chi connectivity index (χ0n) is 6.31. The molecular formula is C9H11N. The van der Waals surface area contributed by atoms with Crippen molar-refractivity contribution in [1.82, 2.24) is 0 Å². The van der Waals surface area contributed by atoms with Gasteiger partial charge in [-0.1, -0.05) is 29.3 Å². The van der Waals surface area contributed by atoms with Gasteiger partial charge >= 0.3 is 0 Å². The van der Waals surface area contributed by atoms with Crippen LogP contribution in [0.25, 0.3) is 0 Å². The minimum absolute atomic E-state index is 0.984. The number of benzene rings is 1. The summed E-state index contributed by atoms with van der Waals surface area (Å²) in [5.41, 5.74) is 3.43. The van der Waals surface area contributed by atoms with Gasteiger partial charge in [-0.05, 0) is 19.4 Å². The van der Waals surface area contributed by atoms with Gasteiger partial charge in [-0.25, -0.2) is 0 Å². The number of hydrogen-bond acceptors (Lipinski definition) is 1. The van der Waals surface area contributed by atoms with Gasteiger partial charge in [0, 0.05) is 6.21 Å². The largest absolute Gasteiger partial charge is 0.308 e. The predicted molar refractivity (Wildman–Crippen MR) is 43.8 cm³/mol. The van der Waals surface area contributed by atoms with E-state index < -0.39 is 0 Å². The van der Waals surface area contributed by atoms with Crippen molar-refractivity contribution in [2.45, 2.75) is 13.8 Å². The second-order valence-electron chi connectivity index (χ2n) is 2.57. The molecule has 1 N–H and O–H groups in total. The van der Waals surface area contributed by atoms with E-state index in [0.717, 1.165) is 5.56 Å². The average molecular weight is 133 g/mol. The average Bonchev–Trinajstić information content (AvgIpc) is 1.85. The fourth-order valence-electron chi connectivity index (χ4n) is 1.09. The van der Waals surface area contributed by atoms with Gasteiger partial charge in [0.15, 0.2) is 0 Å². The van der Waals surface area contributed by atoms with Crippen LogP contribution in [-0.2, 0) is 0 Å². The van der Waals surface area contributed by atoms with Crippen LogP contribution in [0.15, 0.2) is 18.2 Å². The summed E-state index contributed by atoms with van der Waals surface area (Å²) in [7, 11) is 0. The van der Waals surface area contributed by atoms with Gasteiger partial charge in [0.25, 0.3) is 0 Å². The highest BCUT2D eigenvalue weighted by molar-refractivity contribution is 5.77. The van der Waals surface area contributed by atoms with Crippen LogP contribution < -0.4 is 0 Å². The standard InChI is InChI=1S/C9H11N/c1-7-3-8(2)5-9(4-7)6-10/h3-6,10H,1-2H3. The molecule has 0 aliphatic rings. The highest BCUT2D eigenvalue weighted by atomic mass is 14.3. The van der Waals surface area contributed by atoms with Gasteiger partial charge in [-0.3, -0.25) is 0 Å². The molecule has 0 unspecified atom stereocenters. The van der Waals surface area contributed by atoms with E-state index in [0.29, 0.717) is 0 Å². The van der Waals surface area contributed by atoms with E-state index in [1.165, 1.54) is 17.3 Å². The minimum atomic E-state index is 0.984. The van der Waals surface area contributed by atoms with E-state index in [4.69, 9.17) is 5.41 Å². The van der Waals surface area contributed by atoms with Crippen molar-refractivity contribution in [2.24, 2.45) is 0 Å². The maximum atomic E-state index is 7.01. The van der Waals surface area contributed by atoms with Crippen LogP contribution in [0.5, 0.6) is 0 Å². The first-order chi connectivity index (χ1) is 4.72. The Bertz CT molecular complexity index is 231. The highest BCUT2D eigenvalue weighted by Gasteiger charge is 1.90. The lowest BCUT2D eigenvalue weighted by Crippen LogP contribution is -1.83. The van der Waals surface area contributed by atoms with Crippen molar-refractivity contribution < 1.29 is 0 Å². The Labute approximate surface area is 61.2 Å². The molecule has 0 radical (unpaired) electrons. The van der Waals surface area contributed by atoms with Crippen LogP contribution in [0.1, 0.15) is 16.7 Å². The molecule has 1 rings (SSSR count). The summed E-state index contributed by atoms with van der Waals surface area (Å²) in [5, 5.41) is 7.01. The third-order valence-corrected chi connectivity index (χ3v) is 1.41. The first-order valence-electron chi connectivity index (χ1n) is 3.31. The molecule has 1 aromatic rings. The Hall–Kier alpha value is -1.11. The quantitative estimate of drug-likeness (QED) is 0.568. The van der Waals surface area contributed by atoms with Crippen molar-refractivity contribution in [3.05, 3.63) is 34.9 Å². The number of rotatable bonds is 1. The predicted octanol–water partition coefficient (Wildman–Crippen LogP) is 2.30. The van der Waals surface area contributed by atoms with Crippen LogP contribution in [0.3, 0.4) is 0 Å². The smallest absolute Gasteiger partial charge is 0.0250 e. The second kappa shape index (κ2) is 2.65. The maximum absolute atomic E-state index is 7.01. The second-order valence-corrected chi connectivity index (χ2v) is 2.57. The van der Waals surface area contributed by atoms with Gasteiger partial charge in [-0.2, -0.15) is 0 Å². The SMILES string of the molecule is Cc1cc(C)cc(C=N)c1. The fraction of sp³-hybridized carbons (Fsp3) is 0.222. The highest BCUT2D eigenvalue weighted by Crippen LogP contribution is 2.05. The van der Waals surface area contributed by atoms with E-state index in [-0.39, 0.29) is 0 Å². The Kier molecular flexibility index (Phi) is 1.86. The van der Waals surface area contributed by atoms with Crippen molar-refractivity contribution in [1.29, 1.82) is 5.41 Å².